The Bertz CT molecular complexity index is 377. The van der Waals surface area contributed by atoms with Gasteiger partial charge in [0.25, 0.3) is 0 Å². The van der Waals surface area contributed by atoms with E-state index in [-0.39, 0.29) is 16.8 Å². The van der Waals surface area contributed by atoms with Gasteiger partial charge in [-0.3, -0.25) is 0 Å². The quantitative estimate of drug-likeness (QED) is 0.875. The summed E-state index contributed by atoms with van der Waals surface area (Å²) in [6.45, 7) is 2.19. The molecule has 1 aromatic rings. The van der Waals surface area contributed by atoms with Gasteiger partial charge in [-0.05, 0) is 31.5 Å². The molecular weight excluding hydrogens is 253 g/mol. The molecule has 0 saturated carbocycles. The number of alkyl halides is 3. The number of halogens is 4. The highest BCUT2D eigenvalue weighted by molar-refractivity contribution is 6.30. The SMILES string of the molecule is CC(N)CCNc1ccc(Cl)cc1C(F)(F)F. The smallest absolute Gasteiger partial charge is 0.384 e. The van der Waals surface area contributed by atoms with E-state index >= 15 is 0 Å². The van der Waals surface area contributed by atoms with Crippen molar-refractivity contribution in [2.45, 2.75) is 25.6 Å². The first-order valence-electron chi connectivity index (χ1n) is 5.17. The van der Waals surface area contributed by atoms with Crippen molar-refractivity contribution < 1.29 is 13.2 Å². The Balaban J connectivity index is 2.84. The summed E-state index contributed by atoms with van der Waals surface area (Å²) in [5.74, 6) is 0. The van der Waals surface area contributed by atoms with Crippen molar-refractivity contribution in [1.29, 1.82) is 0 Å². The molecule has 1 atom stereocenters. The van der Waals surface area contributed by atoms with Crippen LogP contribution in [0.4, 0.5) is 18.9 Å². The molecule has 0 heterocycles. The summed E-state index contributed by atoms with van der Waals surface area (Å²) in [4.78, 5) is 0. The molecule has 6 heteroatoms. The van der Waals surface area contributed by atoms with Gasteiger partial charge in [-0.1, -0.05) is 11.6 Å². The third-order valence-electron chi connectivity index (χ3n) is 2.20. The second kappa shape index (κ2) is 5.60. The van der Waals surface area contributed by atoms with Crippen LogP contribution in [0.25, 0.3) is 0 Å². The number of benzene rings is 1. The van der Waals surface area contributed by atoms with E-state index in [0.29, 0.717) is 13.0 Å². The number of hydrogen-bond donors (Lipinski definition) is 2. The molecule has 2 nitrogen and oxygen atoms in total. The molecule has 3 N–H and O–H groups in total. The molecule has 0 spiro atoms. The number of anilines is 1. The first-order valence-corrected chi connectivity index (χ1v) is 5.54. The predicted octanol–water partition coefficient (Wildman–Crippen LogP) is 3.51. The van der Waals surface area contributed by atoms with Crippen LogP contribution in [-0.4, -0.2) is 12.6 Å². The Kier molecular flexibility index (Phi) is 4.65. The second-order valence-electron chi connectivity index (χ2n) is 3.88. The van der Waals surface area contributed by atoms with Crippen LogP contribution in [0, 0.1) is 0 Å². The van der Waals surface area contributed by atoms with Crippen LogP contribution < -0.4 is 11.1 Å². The summed E-state index contributed by atoms with van der Waals surface area (Å²) in [5.41, 5.74) is 4.80. The normalized spacial score (nSPS) is 13.5. The maximum absolute atomic E-state index is 12.7. The van der Waals surface area contributed by atoms with Crippen molar-refractivity contribution in [2.75, 3.05) is 11.9 Å². The van der Waals surface area contributed by atoms with E-state index in [1.54, 1.807) is 6.92 Å². The highest BCUT2D eigenvalue weighted by Crippen LogP contribution is 2.36. The molecular formula is C11H14ClF3N2. The van der Waals surface area contributed by atoms with Gasteiger partial charge in [0, 0.05) is 23.3 Å². The minimum atomic E-state index is -4.42. The highest BCUT2D eigenvalue weighted by atomic mass is 35.5. The molecule has 96 valence electrons. The van der Waals surface area contributed by atoms with E-state index in [9.17, 15) is 13.2 Å². The first kappa shape index (κ1) is 14.1. The lowest BCUT2D eigenvalue weighted by Crippen LogP contribution is -2.20. The van der Waals surface area contributed by atoms with E-state index in [1.165, 1.54) is 12.1 Å². The van der Waals surface area contributed by atoms with Crippen molar-refractivity contribution in [3.63, 3.8) is 0 Å². The van der Waals surface area contributed by atoms with E-state index in [1.807, 2.05) is 0 Å². The topological polar surface area (TPSA) is 38.0 Å². The maximum Gasteiger partial charge on any atom is 0.418 e. The van der Waals surface area contributed by atoms with Crippen molar-refractivity contribution in [1.82, 2.24) is 0 Å². The molecule has 0 aliphatic carbocycles. The fraction of sp³-hybridized carbons (Fsp3) is 0.455. The Morgan fingerprint density at radius 3 is 2.59 bits per heavy atom. The molecule has 0 aliphatic heterocycles. The average Bonchev–Trinajstić information content (AvgIpc) is 2.18. The number of hydrogen-bond acceptors (Lipinski definition) is 2. The van der Waals surface area contributed by atoms with Crippen LogP contribution >= 0.6 is 11.6 Å². The fourth-order valence-corrected chi connectivity index (χ4v) is 1.51. The third kappa shape index (κ3) is 4.44. The zero-order valence-corrected chi connectivity index (χ0v) is 10.1. The van der Waals surface area contributed by atoms with Gasteiger partial charge in [0.1, 0.15) is 0 Å². The van der Waals surface area contributed by atoms with Crippen molar-refractivity contribution >= 4 is 17.3 Å². The zero-order valence-electron chi connectivity index (χ0n) is 9.31. The molecule has 0 aromatic heterocycles. The van der Waals surface area contributed by atoms with Crippen LogP contribution in [0.3, 0.4) is 0 Å². The summed E-state index contributed by atoms with van der Waals surface area (Å²) in [6.07, 6.45) is -3.82. The standard InChI is InChI=1S/C11H14ClF3N2/c1-7(16)4-5-17-10-3-2-8(12)6-9(10)11(13,14)15/h2-3,6-7,17H,4-5,16H2,1H3. The molecule has 17 heavy (non-hydrogen) atoms. The largest absolute Gasteiger partial charge is 0.418 e. The predicted molar refractivity (Wildman–Crippen MR) is 63.2 cm³/mol. The highest BCUT2D eigenvalue weighted by Gasteiger charge is 2.33. The van der Waals surface area contributed by atoms with Crippen LogP contribution in [0.5, 0.6) is 0 Å². The lowest BCUT2D eigenvalue weighted by molar-refractivity contribution is -0.136. The molecule has 0 radical (unpaired) electrons. The van der Waals surface area contributed by atoms with Crippen LogP contribution in [0.15, 0.2) is 18.2 Å². The fourth-order valence-electron chi connectivity index (χ4n) is 1.34. The van der Waals surface area contributed by atoms with E-state index in [4.69, 9.17) is 17.3 Å². The van der Waals surface area contributed by atoms with Crippen LogP contribution in [0.1, 0.15) is 18.9 Å². The van der Waals surface area contributed by atoms with Gasteiger partial charge in [-0.25, -0.2) is 0 Å². The number of nitrogens with two attached hydrogens (primary N) is 1. The van der Waals surface area contributed by atoms with Gasteiger partial charge in [0.2, 0.25) is 0 Å². The number of rotatable bonds is 4. The van der Waals surface area contributed by atoms with E-state index < -0.39 is 11.7 Å². The molecule has 0 aliphatic rings. The molecule has 0 fully saturated rings. The van der Waals surface area contributed by atoms with Crippen LogP contribution in [-0.2, 0) is 6.18 Å². The maximum atomic E-state index is 12.7. The van der Waals surface area contributed by atoms with Crippen LogP contribution in [0.2, 0.25) is 5.02 Å². The summed E-state index contributed by atoms with van der Waals surface area (Å²) in [6, 6.07) is 3.61. The Morgan fingerprint density at radius 2 is 2.06 bits per heavy atom. The Hall–Kier alpha value is -0.940. The summed E-state index contributed by atoms with van der Waals surface area (Å²) >= 11 is 5.56. The summed E-state index contributed by atoms with van der Waals surface area (Å²) < 4.78 is 38.1. The lowest BCUT2D eigenvalue weighted by atomic mass is 10.1. The first-order chi connectivity index (χ1) is 7.80. The van der Waals surface area contributed by atoms with Crippen molar-refractivity contribution in [3.8, 4) is 0 Å². The van der Waals surface area contributed by atoms with Gasteiger partial charge in [0.15, 0.2) is 0 Å². The molecule has 1 rings (SSSR count). The Morgan fingerprint density at radius 1 is 1.41 bits per heavy atom. The molecule has 1 aromatic carbocycles. The molecule has 0 amide bonds. The average molecular weight is 267 g/mol. The molecule has 0 saturated heterocycles. The second-order valence-corrected chi connectivity index (χ2v) is 4.32. The third-order valence-corrected chi connectivity index (χ3v) is 2.44. The van der Waals surface area contributed by atoms with Crippen molar-refractivity contribution in [2.24, 2.45) is 5.73 Å². The lowest BCUT2D eigenvalue weighted by Gasteiger charge is -2.15. The monoisotopic (exact) mass is 266 g/mol. The van der Waals surface area contributed by atoms with Gasteiger partial charge in [-0.2, -0.15) is 13.2 Å². The van der Waals surface area contributed by atoms with Gasteiger partial charge < -0.3 is 11.1 Å². The van der Waals surface area contributed by atoms with Crippen molar-refractivity contribution in [3.05, 3.63) is 28.8 Å². The van der Waals surface area contributed by atoms with Gasteiger partial charge >= 0.3 is 6.18 Å². The van der Waals surface area contributed by atoms with E-state index in [2.05, 4.69) is 5.32 Å². The van der Waals surface area contributed by atoms with Gasteiger partial charge in [0.05, 0.1) is 5.56 Å². The zero-order chi connectivity index (χ0) is 13.1. The number of nitrogens with one attached hydrogen (secondary N) is 1. The minimum absolute atomic E-state index is 0.0301. The Labute approximate surface area is 103 Å². The summed E-state index contributed by atoms with van der Waals surface area (Å²) in [7, 11) is 0. The van der Waals surface area contributed by atoms with E-state index in [0.717, 1.165) is 6.07 Å². The molecule has 0 bridgehead atoms. The molecule has 1 unspecified atom stereocenters. The van der Waals surface area contributed by atoms with Gasteiger partial charge in [-0.15, -0.1) is 0 Å². The minimum Gasteiger partial charge on any atom is -0.384 e. The summed E-state index contributed by atoms with van der Waals surface area (Å²) in [5, 5.41) is 2.78.